The molecular formula is C13H17N3. The van der Waals surface area contributed by atoms with Crippen LogP contribution < -0.4 is 5.32 Å². The van der Waals surface area contributed by atoms with Crippen molar-refractivity contribution in [3.8, 4) is 11.3 Å². The molecule has 0 spiro atoms. The molecular weight excluding hydrogens is 198 g/mol. The van der Waals surface area contributed by atoms with Crippen LogP contribution in [0.25, 0.3) is 11.3 Å². The maximum absolute atomic E-state index is 4.29. The van der Waals surface area contributed by atoms with E-state index in [4.69, 9.17) is 0 Å². The lowest BCUT2D eigenvalue weighted by molar-refractivity contribution is 1.07. The van der Waals surface area contributed by atoms with Crippen LogP contribution in [0.3, 0.4) is 0 Å². The summed E-state index contributed by atoms with van der Waals surface area (Å²) >= 11 is 0. The first-order valence-corrected chi connectivity index (χ1v) is 5.59. The number of benzene rings is 1. The molecule has 3 nitrogen and oxygen atoms in total. The second kappa shape index (κ2) is 4.39. The summed E-state index contributed by atoms with van der Waals surface area (Å²) < 4.78 is 0. The van der Waals surface area contributed by atoms with Crippen LogP contribution in [0.15, 0.2) is 24.3 Å². The molecule has 2 rings (SSSR count). The summed E-state index contributed by atoms with van der Waals surface area (Å²) in [5.74, 6) is 0.945. The molecule has 84 valence electrons. The summed E-state index contributed by atoms with van der Waals surface area (Å²) in [5, 5.41) is 10.6. The number of aryl methyl sites for hydroxylation is 1. The van der Waals surface area contributed by atoms with Crippen molar-refractivity contribution >= 4 is 5.82 Å². The van der Waals surface area contributed by atoms with Gasteiger partial charge >= 0.3 is 0 Å². The summed E-state index contributed by atoms with van der Waals surface area (Å²) in [6.45, 7) is 7.16. The molecule has 0 fully saturated rings. The lowest BCUT2D eigenvalue weighted by atomic mass is 10.0. The Morgan fingerprint density at radius 1 is 1.25 bits per heavy atom. The first-order chi connectivity index (χ1) is 7.74. The van der Waals surface area contributed by atoms with Crippen LogP contribution >= 0.6 is 0 Å². The van der Waals surface area contributed by atoms with Gasteiger partial charge in [-0.2, -0.15) is 5.10 Å². The molecule has 3 heteroatoms. The molecule has 0 aliphatic carbocycles. The van der Waals surface area contributed by atoms with Crippen LogP contribution in [0, 0.1) is 13.8 Å². The molecule has 0 aliphatic rings. The molecule has 0 radical (unpaired) electrons. The Bertz CT molecular complexity index is 486. The summed E-state index contributed by atoms with van der Waals surface area (Å²) in [5.41, 5.74) is 4.76. The molecule has 2 N–H and O–H groups in total. The summed E-state index contributed by atoms with van der Waals surface area (Å²) in [6, 6.07) is 8.33. The highest BCUT2D eigenvalue weighted by atomic mass is 15.2. The number of hydrogen-bond acceptors (Lipinski definition) is 2. The molecule has 2 aromatic rings. The van der Waals surface area contributed by atoms with Gasteiger partial charge in [0.1, 0.15) is 0 Å². The molecule has 1 heterocycles. The molecule has 0 aliphatic heterocycles. The van der Waals surface area contributed by atoms with Crippen molar-refractivity contribution in [1.29, 1.82) is 0 Å². The first kappa shape index (κ1) is 10.7. The van der Waals surface area contributed by atoms with Crippen LogP contribution in [0.1, 0.15) is 18.1 Å². The number of aromatic nitrogens is 2. The van der Waals surface area contributed by atoms with E-state index in [1.54, 1.807) is 0 Å². The van der Waals surface area contributed by atoms with E-state index in [-0.39, 0.29) is 0 Å². The van der Waals surface area contributed by atoms with Crippen LogP contribution in [-0.4, -0.2) is 16.7 Å². The van der Waals surface area contributed by atoms with Crippen molar-refractivity contribution in [3.05, 3.63) is 35.4 Å². The lowest BCUT2D eigenvalue weighted by Crippen LogP contribution is -1.97. The van der Waals surface area contributed by atoms with Crippen molar-refractivity contribution in [2.75, 3.05) is 11.9 Å². The van der Waals surface area contributed by atoms with Gasteiger partial charge in [-0.25, -0.2) is 0 Å². The normalized spacial score (nSPS) is 10.4. The monoisotopic (exact) mass is 215 g/mol. The van der Waals surface area contributed by atoms with Crippen LogP contribution in [0.2, 0.25) is 0 Å². The predicted octanol–water partition coefficient (Wildman–Crippen LogP) is 3.13. The Balaban J connectivity index is 2.45. The Morgan fingerprint density at radius 3 is 2.69 bits per heavy atom. The quantitative estimate of drug-likeness (QED) is 0.825. The number of nitrogens with zero attached hydrogens (tertiary/aromatic N) is 1. The van der Waals surface area contributed by atoms with Crippen molar-refractivity contribution in [2.24, 2.45) is 0 Å². The molecule has 0 bridgehead atoms. The topological polar surface area (TPSA) is 40.7 Å². The van der Waals surface area contributed by atoms with Crippen molar-refractivity contribution in [1.82, 2.24) is 10.2 Å². The highest BCUT2D eigenvalue weighted by Gasteiger charge is 2.11. The van der Waals surface area contributed by atoms with E-state index >= 15 is 0 Å². The van der Waals surface area contributed by atoms with Crippen molar-refractivity contribution in [2.45, 2.75) is 20.8 Å². The van der Waals surface area contributed by atoms with E-state index in [1.165, 1.54) is 16.7 Å². The zero-order valence-corrected chi connectivity index (χ0v) is 9.96. The van der Waals surface area contributed by atoms with Gasteiger partial charge in [-0.1, -0.05) is 24.3 Å². The third-order valence-corrected chi connectivity index (χ3v) is 2.77. The zero-order valence-electron chi connectivity index (χ0n) is 9.96. The van der Waals surface area contributed by atoms with Gasteiger partial charge in [0.05, 0.1) is 5.69 Å². The summed E-state index contributed by atoms with van der Waals surface area (Å²) in [6.07, 6.45) is 0. The number of hydrogen-bond donors (Lipinski definition) is 2. The molecule has 0 saturated carbocycles. The maximum atomic E-state index is 4.29. The largest absolute Gasteiger partial charge is 0.369 e. The number of nitrogens with one attached hydrogen (secondary N) is 2. The third-order valence-electron chi connectivity index (χ3n) is 2.77. The zero-order chi connectivity index (χ0) is 11.5. The predicted molar refractivity (Wildman–Crippen MR) is 67.7 cm³/mol. The Labute approximate surface area is 95.9 Å². The van der Waals surface area contributed by atoms with Gasteiger partial charge in [0.25, 0.3) is 0 Å². The van der Waals surface area contributed by atoms with Crippen molar-refractivity contribution < 1.29 is 0 Å². The van der Waals surface area contributed by atoms with E-state index in [9.17, 15) is 0 Å². The smallest absolute Gasteiger partial charge is 0.151 e. The SMILES string of the molecule is CCNc1n[nH]c(-c2ccccc2C)c1C. The van der Waals surface area contributed by atoms with Gasteiger partial charge in [0, 0.05) is 17.7 Å². The average Bonchev–Trinajstić information content (AvgIpc) is 2.62. The third kappa shape index (κ3) is 1.81. The Hall–Kier alpha value is -1.77. The van der Waals surface area contributed by atoms with Crippen LogP contribution in [-0.2, 0) is 0 Å². The van der Waals surface area contributed by atoms with Gasteiger partial charge in [0.2, 0.25) is 0 Å². The van der Waals surface area contributed by atoms with E-state index in [1.807, 2.05) is 0 Å². The maximum Gasteiger partial charge on any atom is 0.151 e. The number of rotatable bonds is 3. The first-order valence-electron chi connectivity index (χ1n) is 5.59. The fraction of sp³-hybridized carbons (Fsp3) is 0.308. The van der Waals surface area contributed by atoms with Crippen molar-refractivity contribution in [3.63, 3.8) is 0 Å². The molecule has 1 aromatic heterocycles. The minimum Gasteiger partial charge on any atom is -0.369 e. The van der Waals surface area contributed by atoms with Crippen LogP contribution in [0.4, 0.5) is 5.82 Å². The molecule has 0 saturated heterocycles. The Kier molecular flexibility index (Phi) is 2.95. The second-order valence-electron chi connectivity index (χ2n) is 3.92. The standard InChI is InChI=1S/C13H17N3/c1-4-14-13-10(3)12(15-16-13)11-8-6-5-7-9(11)2/h5-8H,4H2,1-3H3,(H2,14,15,16). The van der Waals surface area contributed by atoms with E-state index in [2.05, 4.69) is 60.6 Å². The second-order valence-corrected chi connectivity index (χ2v) is 3.92. The fourth-order valence-corrected chi connectivity index (χ4v) is 1.85. The van der Waals surface area contributed by atoms with E-state index < -0.39 is 0 Å². The fourth-order valence-electron chi connectivity index (χ4n) is 1.85. The minimum atomic E-state index is 0.888. The summed E-state index contributed by atoms with van der Waals surface area (Å²) in [7, 11) is 0. The molecule has 16 heavy (non-hydrogen) atoms. The van der Waals surface area contributed by atoms with Gasteiger partial charge in [-0.15, -0.1) is 0 Å². The molecule has 0 unspecified atom stereocenters. The van der Waals surface area contributed by atoms with E-state index in [0.717, 1.165) is 18.1 Å². The van der Waals surface area contributed by atoms with Gasteiger partial charge in [0.15, 0.2) is 5.82 Å². The van der Waals surface area contributed by atoms with E-state index in [0.29, 0.717) is 0 Å². The lowest BCUT2D eigenvalue weighted by Gasteiger charge is -2.04. The number of anilines is 1. The Morgan fingerprint density at radius 2 is 2.00 bits per heavy atom. The minimum absolute atomic E-state index is 0.888. The van der Waals surface area contributed by atoms with Gasteiger partial charge < -0.3 is 5.32 Å². The molecule has 1 aromatic carbocycles. The molecule has 0 atom stereocenters. The highest BCUT2D eigenvalue weighted by Crippen LogP contribution is 2.27. The number of H-pyrrole nitrogens is 1. The van der Waals surface area contributed by atoms with Gasteiger partial charge in [-0.05, 0) is 26.3 Å². The van der Waals surface area contributed by atoms with Gasteiger partial charge in [-0.3, -0.25) is 5.10 Å². The summed E-state index contributed by atoms with van der Waals surface area (Å²) in [4.78, 5) is 0. The molecule has 0 amide bonds. The van der Waals surface area contributed by atoms with Crippen LogP contribution in [0.5, 0.6) is 0 Å². The highest BCUT2D eigenvalue weighted by molar-refractivity contribution is 5.70. The number of aromatic amines is 1. The average molecular weight is 215 g/mol.